The van der Waals surface area contributed by atoms with Crippen LogP contribution < -0.4 is 0 Å². The SMILES string of the molecule is COCC(C)(C)C(Cn1cncn1)N=O. The third-order valence-electron chi connectivity index (χ3n) is 2.37. The van der Waals surface area contributed by atoms with Crippen LogP contribution in [-0.4, -0.2) is 34.5 Å². The molecule has 0 saturated carbocycles. The van der Waals surface area contributed by atoms with Crippen molar-refractivity contribution in [3.8, 4) is 0 Å². The van der Waals surface area contributed by atoms with Crippen LogP contribution in [0.4, 0.5) is 0 Å². The molecule has 0 aliphatic rings. The van der Waals surface area contributed by atoms with E-state index < -0.39 is 0 Å². The van der Waals surface area contributed by atoms with Crippen molar-refractivity contribution in [1.29, 1.82) is 0 Å². The fraction of sp³-hybridized carbons (Fsp3) is 0.778. The predicted molar refractivity (Wildman–Crippen MR) is 55.3 cm³/mol. The topological polar surface area (TPSA) is 69.4 Å². The summed E-state index contributed by atoms with van der Waals surface area (Å²) in [7, 11) is 1.61. The molecule has 1 unspecified atom stereocenters. The van der Waals surface area contributed by atoms with E-state index in [0.717, 1.165) is 0 Å². The van der Waals surface area contributed by atoms with Crippen molar-refractivity contribution < 1.29 is 4.74 Å². The molecule has 0 saturated heterocycles. The molecule has 0 bridgehead atoms. The van der Waals surface area contributed by atoms with Gasteiger partial charge in [0.15, 0.2) is 0 Å². The molecule has 1 aromatic heterocycles. The molecule has 1 rings (SSSR count). The first-order chi connectivity index (χ1) is 7.10. The van der Waals surface area contributed by atoms with E-state index in [0.29, 0.717) is 13.2 Å². The van der Waals surface area contributed by atoms with Crippen LogP contribution in [0.25, 0.3) is 0 Å². The zero-order valence-electron chi connectivity index (χ0n) is 9.25. The van der Waals surface area contributed by atoms with Crippen molar-refractivity contribution >= 4 is 0 Å². The molecule has 0 N–H and O–H groups in total. The number of hydrogen-bond acceptors (Lipinski definition) is 5. The van der Waals surface area contributed by atoms with Gasteiger partial charge in [0.2, 0.25) is 0 Å². The molecule has 15 heavy (non-hydrogen) atoms. The Hall–Kier alpha value is -1.30. The molecule has 1 heterocycles. The molecule has 0 radical (unpaired) electrons. The summed E-state index contributed by atoms with van der Waals surface area (Å²) in [5.41, 5.74) is -0.303. The summed E-state index contributed by atoms with van der Waals surface area (Å²) < 4.78 is 6.67. The van der Waals surface area contributed by atoms with E-state index in [1.54, 1.807) is 18.1 Å². The maximum atomic E-state index is 10.8. The number of ether oxygens (including phenoxy) is 1. The highest BCUT2D eigenvalue weighted by molar-refractivity contribution is 4.83. The van der Waals surface area contributed by atoms with Crippen LogP contribution in [0.2, 0.25) is 0 Å². The van der Waals surface area contributed by atoms with Gasteiger partial charge in [0.25, 0.3) is 0 Å². The Kier molecular flexibility index (Phi) is 3.90. The monoisotopic (exact) mass is 212 g/mol. The summed E-state index contributed by atoms with van der Waals surface area (Å²) in [5.74, 6) is 0. The van der Waals surface area contributed by atoms with E-state index in [1.807, 2.05) is 13.8 Å². The maximum Gasteiger partial charge on any atom is 0.137 e. The van der Waals surface area contributed by atoms with Crippen molar-refractivity contribution in [1.82, 2.24) is 14.8 Å². The number of nitrogens with zero attached hydrogens (tertiary/aromatic N) is 4. The van der Waals surface area contributed by atoms with Crippen LogP contribution in [0, 0.1) is 10.3 Å². The van der Waals surface area contributed by atoms with Crippen LogP contribution in [0.1, 0.15) is 13.8 Å². The molecule has 84 valence electrons. The first kappa shape index (κ1) is 11.8. The maximum absolute atomic E-state index is 10.8. The fourth-order valence-corrected chi connectivity index (χ4v) is 1.40. The molecule has 0 aromatic carbocycles. The first-order valence-electron chi connectivity index (χ1n) is 4.74. The Morgan fingerprint density at radius 3 is 2.80 bits per heavy atom. The zero-order chi connectivity index (χ0) is 11.3. The van der Waals surface area contributed by atoms with Crippen molar-refractivity contribution in [2.24, 2.45) is 10.6 Å². The highest BCUT2D eigenvalue weighted by Gasteiger charge is 2.31. The second-order valence-corrected chi connectivity index (χ2v) is 4.16. The minimum Gasteiger partial charge on any atom is -0.384 e. The lowest BCUT2D eigenvalue weighted by Crippen LogP contribution is -2.35. The average molecular weight is 212 g/mol. The molecular weight excluding hydrogens is 196 g/mol. The highest BCUT2D eigenvalue weighted by atomic mass is 16.5. The quantitative estimate of drug-likeness (QED) is 0.662. The molecule has 1 aromatic rings. The average Bonchev–Trinajstić information content (AvgIpc) is 2.66. The Morgan fingerprint density at radius 2 is 2.33 bits per heavy atom. The Labute approximate surface area is 88.6 Å². The van der Waals surface area contributed by atoms with Gasteiger partial charge in [0.1, 0.15) is 18.7 Å². The zero-order valence-corrected chi connectivity index (χ0v) is 9.25. The van der Waals surface area contributed by atoms with Crippen molar-refractivity contribution in [2.75, 3.05) is 13.7 Å². The molecule has 0 spiro atoms. The van der Waals surface area contributed by atoms with Gasteiger partial charge in [-0.15, -0.1) is 0 Å². The van der Waals surface area contributed by atoms with Crippen LogP contribution in [0.5, 0.6) is 0 Å². The van der Waals surface area contributed by atoms with E-state index in [4.69, 9.17) is 4.74 Å². The fourth-order valence-electron chi connectivity index (χ4n) is 1.40. The van der Waals surface area contributed by atoms with Gasteiger partial charge >= 0.3 is 0 Å². The summed E-state index contributed by atoms with van der Waals surface area (Å²) in [5, 5.41) is 7.08. The third-order valence-corrected chi connectivity index (χ3v) is 2.37. The summed E-state index contributed by atoms with van der Waals surface area (Å²) in [4.78, 5) is 14.6. The molecular formula is C9H16N4O2. The van der Waals surface area contributed by atoms with Crippen molar-refractivity contribution in [3.05, 3.63) is 17.6 Å². The van der Waals surface area contributed by atoms with Crippen molar-refractivity contribution in [3.63, 3.8) is 0 Å². The molecule has 1 atom stereocenters. The number of aromatic nitrogens is 3. The van der Waals surface area contributed by atoms with Gasteiger partial charge in [0.05, 0.1) is 13.2 Å². The lowest BCUT2D eigenvalue weighted by atomic mass is 9.86. The predicted octanol–water partition coefficient (Wildman–Crippen LogP) is 1.09. The second-order valence-electron chi connectivity index (χ2n) is 4.16. The number of methoxy groups -OCH3 is 1. The van der Waals surface area contributed by atoms with Gasteiger partial charge in [-0.2, -0.15) is 10.0 Å². The van der Waals surface area contributed by atoms with Crippen LogP contribution in [0.15, 0.2) is 17.8 Å². The van der Waals surface area contributed by atoms with Crippen LogP contribution in [-0.2, 0) is 11.3 Å². The summed E-state index contributed by atoms with van der Waals surface area (Å²) in [6, 6.07) is -0.376. The summed E-state index contributed by atoms with van der Waals surface area (Å²) in [6.07, 6.45) is 3.01. The van der Waals surface area contributed by atoms with E-state index in [2.05, 4.69) is 15.3 Å². The Balaban J connectivity index is 2.67. The van der Waals surface area contributed by atoms with Gasteiger partial charge in [-0.1, -0.05) is 19.0 Å². The summed E-state index contributed by atoms with van der Waals surface area (Å²) >= 11 is 0. The Morgan fingerprint density at radius 1 is 1.60 bits per heavy atom. The molecule has 0 amide bonds. The normalized spacial score (nSPS) is 13.8. The molecule has 0 aliphatic heterocycles. The molecule has 0 aliphatic carbocycles. The third kappa shape index (κ3) is 3.09. The van der Waals surface area contributed by atoms with Gasteiger partial charge in [0, 0.05) is 12.5 Å². The lowest BCUT2D eigenvalue weighted by molar-refractivity contribution is 0.0799. The van der Waals surface area contributed by atoms with Gasteiger partial charge in [-0.3, -0.25) is 4.68 Å². The van der Waals surface area contributed by atoms with E-state index in [-0.39, 0.29) is 11.5 Å². The van der Waals surface area contributed by atoms with Gasteiger partial charge < -0.3 is 4.74 Å². The lowest BCUT2D eigenvalue weighted by Gasteiger charge is -2.28. The first-order valence-corrected chi connectivity index (χ1v) is 4.74. The second kappa shape index (κ2) is 4.97. The minimum absolute atomic E-state index is 0.303. The van der Waals surface area contributed by atoms with Crippen molar-refractivity contribution in [2.45, 2.75) is 26.4 Å². The number of hydrogen-bond donors (Lipinski definition) is 0. The van der Waals surface area contributed by atoms with E-state index in [1.165, 1.54) is 6.33 Å². The smallest absolute Gasteiger partial charge is 0.137 e. The minimum atomic E-state index is -0.376. The largest absolute Gasteiger partial charge is 0.384 e. The highest BCUT2D eigenvalue weighted by Crippen LogP contribution is 2.24. The molecule has 0 fully saturated rings. The van der Waals surface area contributed by atoms with E-state index in [9.17, 15) is 4.91 Å². The van der Waals surface area contributed by atoms with Gasteiger partial charge in [-0.25, -0.2) is 4.98 Å². The van der Waals surface area contributed by atoms with Gasteiger partial charge in [-0.05, 0) is 0 Å². The summed E-state index contributed by atoms with van der Waals surface area (Å²) in [6.45, 7) is 4.80. The van der Waals surface area contributed by atoms with Crippen LogP contribution in [0.3, 0.4) is 0 Å². The molecule has 6 nitrogen and oxygen atoms in total. The molecule has 6 heteroatoms. The number of nitroso groups, excluding NO2 is 1. The van der Waals surface area contributed by atoms with Crippen LogP contribution >= 0.6 is 0 Å². The Bertz CT molecular complexity index is 297. The standard InChI is InChI=1S/C9H16N4O2/c1-9(2,5-15-3)8(12-14)4-13-7-10-6-11-13/h6-8H,4-5H2,1-3H3. The number of rotatable bonds is 6. The van der Waals surface area contributed by atoms with E-state index >= 15 is 0 Å².